The number of imide groups is 1. The molecular formula is C23H20Cl2N6O4. The van der Waals surface area contributed by atoms with Crippen molar-refractivity contribution < 1.29 is 19.1 Å². The zero-order valence-electron chi connectivity index (χ0n) is 18.8. The molecule has 1 saturated carbocycles. The van der Waals surface area contributed by atoms with Crippen molar-refractivity contribution in [3.63, 3.8) is 0 Å². The molecule has 180 valence electrons. The van der Waals surface area contributed by atoms with Crippen LogP contribution in [0.15, 0.2) is 41.8 Å². The largest absolute Gasteiger partial charge is 0.454 e. The number of anilines is 1. The third-order valence-electron chi connectivity index (χ3n) is 5.40. The van der Waals surface area contributed by atoms with Gasteiger partial charge in [0.2, 0.25) is 5.71 Å². The van der Waals surface area contributed by atoms with Gasteiger partial charge >= 0.3 is 6.09 Å². The van der Waals surface area contributed by atoms with Gasteiger partial charge in [-0.1, -0.05) is 23.2 Å². The minimum absolute atomic E-state index is 0.0681. The molecule has 2 aromatic carbocycles. The van der Waals surface area contributed by atoms with E-state index in [9.17, 15) is 9.59 Å². The number of aromatic nitrogens is 2. The van der Waals surface area contributed by atoms with Crippen LogP contribution in [0.1, 0.15) is 26.7 Å². The number of hydrazone groups is 1. The molecule has 2 amide bonds. The van der Waals surface area contributed by atoms with Crippen LogP contribution >= 0.6 is 23.2 Å². The normalized spacial score (nSPS) is 14.2. The van der Waals surface area contributed by atoms with Crippen LogP contribution in [0.25, 0.3) is 11.0 Å². The van der Waals surface area contributed by atoms with Crippen molar-refractivity contribution in [2.75, 3.05) is 12.0 Å². The topological polar surface area (TPSA) is 131 Å². The highest BCUT2D eigenvalue weighted by Gasteiger charge is 2.40. The maximum atomic E-state index is 12.0. The Hall–Kier alpha value is -3.81. The highest BCUT2D eigenvalue weighted by atomic mass is 35.5. The lowest BCUT2D eigenvalue weighted by Crippen LogP contribution is -2.36. The fraction of sp³-hybridized carbons (Fsp3) is 0.261. The number of imidazole rings is 1. The molecule has 0 radical (unpaired) electrons. The van der Waals surface area contributed by atoms with Gasteiger partial charge in [-0.05, 0) is 51.0 Å². The Morgan fingerprint density at radius 3 is 2.60 bits per heavy atom. The van der Waals surface area contributed by atoms with E-state index < -0.39 is 17.7 Å². The summed E-state index contributed by atoms with van der Waals surface area (Å²) in [7, 11) is 0. The molecule has 0 aliphatic heterocycles. The van der Waals surface area contributed by atoms with E-state index >= 15 is 0 Å². The Bertz CT molecular complexity index is 1370. The lowest BCUT2D eigenvalue weighted by Gasteiger charge is -2.14. The zero-order chi connectivity index (χ0) is 25.2. The third kappa shape index (κ3) is 5.31. The summed E-state index contributed by atoms with van der Waals surface area (Å²) in [6.45, 7) is 3.83. The number of alkyl carbamates (subject to hydrolysis) is 1. The lowest BCUT2D eigenvalue weighted by atomic mass is 10.2. The van der Waals surface area contributed by atoms with Crippen molar-refractivity contribution in [2.24, 2.45) is 5.10 Å². The Balaban J connectivity index is 1.51. The van der Waals surface area contributed by atoms with Crippen molar-refractivity contribution >= 4 is 57.6 Å². The molecule has 0 unspecified atom stereocenters. The number of fused-ring (bicyclic) bond motifs is 1. The predicted octanol–water partition coefficient (Wildman–Crippen LogP) is 5.21. The first-order valence-electron chi connectivity index (χ1n) is 10.6. The number of hydrogen-bond donors (Lipinski definition) is 2. The van der Waals surface area contributed by atoms with Crippen LogP contribution in [0.4, 0.5) is 10.5 Å². The molecule has 1 aromatic heterocycles. The van der Waals surface area contributed by atoms with Gasteiger partial charge in [-0.3, -0.25) is 15.5 Å². The van der Waals surface area contributed by atoms with E-state index in [1.807, 2.05) is 23.8 Å². The summed E-state index contributed by atoms with van der Waals surface area (Å²) in [6, 6.07) is 10.1. The molecule has 0 spiro atoms. The number of rotatable bonds is 7. The third-order valence-corrected chi connectivity index (χ3v) is 5.96. The van der Waals surface area contributed by atoms with Crippen molar-refractivity contribution in [3.8, 4) is 17.6 Å². The first kappa shape index (κ1) is 24.3. The van der Waals surface area contributed by atoms with Gasteiger partial charge in [0.25, 0.3) is 5.91 Å². The van der Waals surface area contributed by atoms with E-state index in [4.69, 9.17) is 33.2 Å². The molecule has 3 aromatic rings. The van der Waals surface area contributed by atoms with E-state index in [1.165, 1.54) is 12.1 Å². The summed E-state index contributed by atoms with van der Waals surface area (Å²) in [6.07, 6.45) is 3.04. The Morgan fingerprint density at radius 1 is 1.26 bits per heavy atom. The second kappa shape index (κ2) is 9.82. The first-order chi connectivity index (χ1) is 16.7. The van der Waals surface area contributed by atoms with Crippen LogP contribution in [0.2, 0.25) is 10.0 Å². The van der Waals surface area contributed by atoms with E-state index in [2.05, 4.69) is 31.7 Å². The van der Waals surface area contributed by atoms with Crippen molar-refractivity contribution in [2.45, 2.75) is 32.2 Å². The number of nitrogens with zero attached hydrogens (tertiary/aromatic N) is 4. The fourth-order valence-electron chi connectivity index (χ4n) is 3.31. The minimum atomic E-state index is -1.02. The molecule has 1 aliphatic carbocycles. The van der Waals surface area contributed by atoms with Crippen LogP contribution in [-0.4, -0.2) is 33.9 Å². The van der Waals surface area contributed by atoms with Gasteiger partial charge in [0.05, 0.1) is 39.7 Å². The molecule has 4 rings (SSSR count). The number of nitrogens with one attached hydrogen (secondary N) is 2. The van der Waals surface area contributed by atoms with E-state index in [0.717, 1.165) is 23.9 Å². The smallest absolute Gasteiger partial charge is 0.414 e. The fourth-order valence-corrected chi connectivity index (χ4v) is 3.87. The van der Waals surface area contributed by atoms with Gasteiger partial charge in [0, 0.05) is 11.6 Å². The maximum absolute atomic E-state index is 12.0. The molecule has 2 N–H and O–H groups in total. The summed E-state index contributed by atoms with van der Waals surface area (Å²) >= 11 is 12.8. The molecular weight excluding hydrogens is 495 g/mol. The van der Waals surface area contributed by atoms with Gasteiger partial charge in [0.1, 0.15) is 11.8 Å². The van der Waals surface area contributed by atoms with Crippen LogP contribution in [-0.2, 0) is 15.1 Å². The number of carbonyl (C=O) groups is 2. The van der Waals surface area contributed by atoms with Gasteiger partial charge in [0.15, 0.2) is 5.75 Å². The summed E-state index contributed by atoms with van der Waals surface area (Å²) in [5.74, 6) is -0.259. The number of halogens is 2. The molecule has 1 fully saturated rings. The number of carbonyl (C=O) groups excluding carboxylic acids is 2. The average molecular weight is 515 g/mol. The molecule has 0 atom stereocenters. The number of amides is 2. The molecule has 12 heteroatoms. The Labute approximate surface area is 210 Å². The summed E-state index contributed by atoms with van der Waals surface area (Å²) < 4.78 is 12.7. The molecule has 0 saturated heterocycles. The summed E-state index contributed by atoms with van der Waals surface area (Å²) in [4.78, 5) is 27.8. The molecule has 10 nitrogen and oxygen atoms in total. The van der Waals surface area contributed by atoms with E-state index in [-0.39, 0.29) is 27.9 Å². The number of nitriles is 1. The minimum Gasteiger partial charge on any atom is -0.454 e. The summed E-state index contributed by atoms with van der Waals surface area (Å²) in [5.41, 5.74) is 4.10. The molecule has 35 heavy (non-hydrogen) atoms. The Kier molecular flexibility index (Phi) is 6.82. The quantitative estimate of drug-likeness (QED) is 0.326. The van der Waals surface area contributed by atoms with Crippen LogP contribution in [0.5, 0.6) is 11.5 Å². The van der Waals surface area contributed by atoms with Crippen molar-refractivity contribution in [3.05, 3.63) is 46.7 Å². The van der Waals surface area contributed by atoms with Gasteiger partial charge in [-0.25, -0.2) is 9.78 Å². The summed E-state index contributed by atoms with van der Waals surface area (Å²) in [5, 5.41) is 15.1. The molecule has 1 aliphatic rings. The standard InChI is InChI=1S/C23H20Cl2N6O4/c1-3-34-22(33)28-21(32)18(11-26)30-29-13-8-15(24)20(16(25)9-13)35-14-4-5-17-19(10-14)31(12-27-17)23(2)6-7-23/h4-5,8-10,12,29H,3,6-7H2,1-2H3,(H,28,32,33)/b30-18+. The van der Waals surface area contributed by atoms with Crippen molar-refractivity contribution in [1.82, 2.24) is 14.9 Å². The van der Waals surface area contributed by atoms with Crippen LogP contribution < -0.4 is 15.5 Å². The average Bonchev–Trinajstić information content (AvgIpc) is 3.40. The number of hydrogen-bond acceptors (Lipinski definition) is 8. The lowest BCUT2D eigenvalue weighted by molar-refractivity contribution is -0.114. The second-order valence-electron chi connectivity index (χ2n) is 7.99. The highest BCUT2D eigenvalue weighted by Crippen LogP contribution is 2.45. The number of ether oxygens (including phenoxy) is 2. The number of benzene rings is 2. The Morgan fingerprint density at radius 2 is 1.97 bits per heavy atom. The van der Waals surface area contributed by atoms with Gasteiger partial charge in [-0.2, -0.15) is 10.4 Å². The van der Waals surface area contributed by atoms with E-state index in [0.29, 0.717) is 11.4 Å². The highest BCUT2D eigenvalue weighted by molar-refractivity contribution is 6.47. The van der Waals surface area contributed by atoms with Crippen LogP contribution in [0.3, 0.4) is 0 Å². The van der Waals surface area contributed by atoms with Crippen molar-refractivity contribution in [1.29, 1.82) is 5.26 Å². The monoisotopic (exact) mass is 514 g/mol. The molecule has 1 heterocycles. The SMILES string of the molecule is CCOC(=O)NC(=O)/C(C#N)=N/Nc1cc(Cl)c(Oc2ccc3ncn(C4(C)CC4)c3c2)c(Cl)c1. The zero-order valence-corrected chi connectivity index (χ0v) is 20.3. The van der Waals surface area contributed by atoms with E-state index in [1.54, 1.807) is 19.1 Å². The van der Waals surface area contributed by atoms with Gasteiger partial charge in [-0.15, -0.1) is 0 Å². The first-order valence-corrected chi connectivity index (χ1v) is 11.4. The second-order valence-corrected chi connectivity index (χ2v) is 8.81. The van der Waals surface area contributed by atoms with Crippen LogP contribution in [0, 0.1) is 11.3 Å². The molecule has 0 bridgehead atoms. The van der Waals surface area contributed by atoms with Gasteiger partial charge < -0.3 is 14.0 Å². The predicted molar refractivity (Wildman–Crippen MR) is 131 cm³/mol. The maximum Gasteiger partial charge on any atom is 0.414 e.